The number of hydrogen-bond donors (Lipinski definition) is 1. The van der Waals surface area contributed by atoms with Crippen molar-refractivity contribution in [3.05, 3.63) is 17.6 Å². The summed E-state index contributed by atoms with van der Waals surface area (Å²) >= 11 is 0. The first kappa shape index (κ1) is 19.3. The molecule has 6 nitrogen and oxygen atoms in total. The second kappa shape index (κ2) is 7.45. The van der Waals surface area contributed by atoms with Gasteiger partial charge in [0.2, 0.25) is 0 Å². The average Bonchev–Trinajstić information content (AvgIpc) is 2.53. The molecule has 140 valence electrons. The normalized spacial score (nSPS) is 17.0. The number of aromatic nitrogens is 2. The maximum atomic E-state index is 13.0. The van der Waals surface area contributed by atoms with Crippen molar-refractivity contribution in [1.29, 1.82) is 0 Å². The molecule has 1 N–H and O–H groups in total. The van der Waals surface area contributed by atoms with E-state index in [0.717, 1.165) is 17.2 Å². The van der Waals surface area contributed by atoms with Crippen LogP contribution in [0.25, 0.3) is 0 Å². The summed E-state index contributed by atoms with van der Waals surface area (Å²) in [6.07, 6.45) is -2.77. The Balaban J connectivity index is 1.97. The summed E-state index contributed by atoms with van der Waals surface area (Å²) in [4.78, 5) is 24.3. The summed E-state index contributed by atoms with van der Waals surface area (Å²) in [6, 6.07) is -2.52. The topological polar surface area (TPSA) is 61.4 Å². The Morgan fingerprint density at radius 2 is 1.80 bits per heavy atom. The van der Waals surface area contributed by atoms with Crippen molar-refractivity contribution >= 4 is 11.8 Å². The molecule has 25 heavy (non-hydrogen) atoms. The van der Waals surface area contributed by atoms with Gasteiger partial charge in [-0.2, -0.15) is 13.2 Å². The predicted molar refractivity (Wildman–Crippen MR) is 88.5 cm³/mol. The number of hydrogen-bond acceptors (Lipinski definition) is 4. The van der Waals surface area contributed by atoms with E-state index in [4.69, 9.17) is 0 Å². The summed E-state index contributed by atoms with van der Waals surface area (Å²) in [5, 5.41) is 2.12. The van der Waals surface area contributed by atoms with E-state index in [-0.39, 0.29) is 0 Å². The van der Waals surface area contributed by atoms with E-state index < -0.39 is 24.2 Å². The fraction of sp³-hybridized carbons (Fsp3) is 0.688. The van der Waals surface area contributed by atoms with Crippen LogP contribution in [0, 0.1) is 19.8 Å². The van der Waals surface area contributed by atoms with Gasteiger partial charge in [-0.05, 0) is 19.8 Å². The quantitative estimate of drug-likeness (QED) is 0.901. The number of rotatable bonds is 3. The molecule has 0 aliphatic carbocycles. The molecule has 1 saturated heterocycles. The van der Waals surface area contributed by atoms with Crippen molar-refractivity contribution in [3.8, 4) is 0 Å². The van der Waals surface area contributed by atoms with Crippen molar-refractivity contribution in [2.75, 3.05) is 31.1 Å². The molecule has 2 heterocycles. The van der Waals surface area contributed by atoms with Gasteiger partial charge in [-0.3, -0.25) is 4.98 Å². The highest BCUT2D eigenvalue weighted by Gasteiger charge is 2.43. The molecule has 2 amide bonds. The lowest BCUT2D eigenvalue weighted by atomic mass is 10.0. The fourth-order valence-corrected chi connectivity index (χ4v) is 2.80. The Bertz CT molecular complexity index is 612. The minimum absolute atomic E-state index is 0.337. The molecule has 1 aromatic heterocycles. The highest BCUT2D eigenvalue weighted by Crippen LogP contribution is 2.26. The number of anilines is 1. The molecule has 0 bridgehead atoms. The first-order chi connectivity index (χ1) is 11.6. The molecule has 0 saturated carbocycles. The fourth-order valence-electron chi connectivity index (χ4n) is 2.80. The van der Waals surface area contributed by atoms with Gasteiger partial charge in [0.15, 0.2) is 0 Å². The Morgan fingerprint density at radius 1 is 1.20 bits per heavy atom. The van der Waals surface area contributed by atoms with Crippen LogP contribution in [0.4, 0.5) is 23.8 Å². The standard InChI is InChI=1S/C16H24F3N5O/c1-10(2)13(16(17,18)19)22-15(25)24-7-5-23(6-8-24)14-12(4)20-9-11(3)21-14/h9-10,13H,5-8H2,1-4H3,(H,22,25)/t13-/m1/s1. The van der Waals surface area contributed by atoms with Gasteiger partial charge in [-0.1, -0.05) is 13.8 Å². The summed E-state index contributed by atoms with van der Waals surface area (Å²) in [5.41, 5.74) is 1.59. The summed E-state index contributed by atoms with van der Waals surface area (Å²) < 4.78 is 39.0. The lowest BCUT2D eigenvalue weighted by molar-refractivity contribution is -0.162. The SMILES string of the molecule is Cc1cnc(C)c(N2CCN(C(=O)N[C@H](C(C)C)C(F)(F)F)CC2)n1. The zero-order valence-electron chi connectivity index (χ0n) is 14.9. The molecule has 1 aromatic rings. The highest BCUT2D eigenvalue weighted by atomic mass is 19.4. The van der Waals surface area contributed by atoms with E-state index >= 15 is 0 Å². The first-order valence-electron chi connectivity index (χ1n) is 8.27. The number of alkyl halides is 3. The molecule has 0 aromatic carbocycles. The largest absolute Gasteiger partial charge is 0.408 e. The molecule has 1 aliphatic rings. The number of halogens is 3. The number of urea groups is 1. The Hall–Kier alpha value is -2.06. The van der Waals surface area contributed by atoms with Crippen LogP contribution in [0.5, 0.6) is 0 Å². The van der Waals surface area contributed by atoms with Crippen molar-refractivity contribution < 1.29 is 18.0 Å². The second-order valence-electron chi connectivity index (χ2n) is 6.61. The van der Waals surface area contributed by atoms with Crippen molar-refractivity contribution in [2.45, 2.75) is 39.9 Å². The van der Waals surface area contributed by atoms with Crippen LogP contribution in [0.15, 0.2) is 6.20 Å². The van der Waals surface area contributed by atoms with E-state index in [1.54, 1.807) is 6.20 Å². The zero-order valence-corrected chi connectivity index (χ0v) is 14.9. The maximum absolute atomic E-state index is 13.0. The van der Waals surface area contributed by atoms with Crippen LogP contribution in [0.2, 0.25) is 0 Å². The lowest BCUT2D eigenvalue weighted by Gasteiger charge is -2.37. The first-order valence-corrected chi connectivity index (χ1v) is 8.27. The minimum Gasteiger partial charge on any atom is -0.352 e. The van der Waals surface area contributed by atoms with Crippen molar-refractivity contribution in [1.82, 2.24) is 20.2 Å². The average molecular weight is 359 g/mol. The molecule has 1 aliphatic heterocycles. The van der Waals surface area contributed by atoms with E-state index in [1.165, 1.54) is 18.7 Å². The summed E-state index contributed by atoms with van der Waals surface area (Å²) in [6.45, 7) is 8.27. The molecule has 9 heteroatoms. The molecular weight excluding hydrogens is 335 g/mol. The van der Waals surface area contributed by atoms with Gasteiger partial charge in [0.1, 0.15) is 11.9 Å². The van der Waals surface area contributed by atoms with Crippen LogP contribution in [0.1, 0.15) is 25.2 Å². The minimum atomic E-state index is -4.46. The number of nitrogens with one attached hydrogen (secondary N) is 1. The molecule has 0 radical (unpaired) electrons. The van der Waals surface area contributed by atoms with Gasteiger partial charge in [0.05, 0.1) is 11.4 Å². The maximum Gasteiger partial charge on any atom is 0.408 e. The van der Waals surface area contributed by atoms with Crippen LogP contribution in [-0.4, -0.2) is 59.3 Å². The number of aryl methyl sites for hydroxylation is 2. The van der Waals surface area contributed by atoms with Gasteiger partial charge >= 0.3 is 12.2 Å². The molecule has 0 spiro atoms. The van der Waals surface area contributed by atoms with E-state index in [9.17, 15) is 18.0 Å². The second-order valence-corrected chi connectivity index (χ2v) is 6.61. The lowest BCUT2D eigenvalue weighted by Crippen LogP contribution is -2.57. The number of amides is 2. The number of nitrogens with zero attached hydrogens (tertiary/aromatic N) is 4. The predicted octanol–water partition coefficient (Wildman–Crippen LogP) is 2.51. The number of carbonyl (C=O) groups excluding carboxylic acids is 1. The number of carbonyl (C=O) groups is 1. The summed E-state index contributed by atoms with van der Waals surface area (Å²) in [7, 11) is 0. The van der Waals surface area contributed by atoms with Crippen LogP contribution in [-0.2, 0) is 0 Å². The van der Waals surface area contributed by atoms with Crippen molar-refractivity contribution in [3.63, 3.8) is 0 Å². The Morgan fingerprint density at radius 3 is 2.32 bits per heavy atom. The van der Waals surface area contributed by atoms with Gasteiger partial charge < -0.3 is 15.1 Å². The van der Waals surface area contributed by atoms with Gasteiger partial charge in [-0.25, -0.2) is 9.78 Å². The molecule has 0 unspecified atom stereocenters. The molecule has 1 fully saturated rings. The van der Waals surface area contributed by atoms with Crippen LogP contribution >= 0.6 is 0 Å². The van der Waals surface area contributed by atoms with Crippen molar-refractivity contribution in [2.24, 2.45) is 5.92 Å². The van der Waals surface area contributed by atoms with Crippen LogP contribution in [0.3, 0.4) is 0 Å². The molecule has 2 rings (SSSR count). The smallest absolute Gasteiger partial charge is 0.352 e. The third-order valence-electron chi connectivity index (χ3n) is 4.22. The Labute approximate surface area is 145 Å². The Kier molecular flexibility index (Phi) is 5.74. The third-order valence-corrected chi connectivity index (χ3v) is 4.22. The molecule has 1 atom stereocenters. The zero-order chi connectivity index (χ0) is 18.8. The summed E-state index contributed by atoms with van der Waals surface area (Å²) in [5.74, 6) is 0.0332. The van der Waals surface area contributed by atoms with Crippen LogP contribution < -0.4 is 10.2 Å². The van der Waals surface area contributed by atoms with Gasteiger partial charge in [0.25, 0.3) is 0 Å². The van der Waals surface area contributed by atoms with Gasteiger partial charge in [-0.15, -0.1) is 0 Å². The monoisotopic (exact) mass is 359 g/mol. The van der Waals surface area contributed by atoms with E-state index in [1.807, 2.05) is 18.7 Å². The third kappa shape index (κ3) is 4.73. The van der Waals surface area contributed by atoms with E-state index in [0.29, 0.717) is 26.2 Å². The van der Waals surface area contributed by atoms with E-state index in [2.05, 4.69) is 15.3 Å². The highest BCUT2D eigenvalue weighted by molar-refractivity contribution is 5.75. The van der Waals surface area contributed by atoms with Gasteiger partial charge in [0, 0.05) is 32.4 Å². The molecular formula is C16H24F3N5O. The number of piperazine rings is 1.